The summed E-state index contributed by atoms with van der Waals surface area (Å²) in [5.74, 6) is 0.592. The lowest BCUT2D eigenvalue weighted by Crippen LogP contribution is -2.23. The van der Waals surface area contributed by atoms with Crippen LogP contribution in [0, 0.1) is 13.8 Å². The first-order valence-electron chi connectivity index (χ1n) is 6.57. The molecule has 0 aliphatic heterocycles. The van der Waals surface area contributed by atoms with Crippen molar-refractivity contribution in [1.29, 1.82) is 0 Å². The highest BCUT2D eigenvalue weighted by Gasteiger charge is 2.09. The number of methoxy groups -OCH3 is 1. The van der Waals surface area contributed by atoms with E-state index in [-0.39, 0.29) is 5.91 Å². The van der Waals surface area contributed by atoms with Gasteiger partial charge in [0.05, 0.1) is 7.11 Å². The van der Waals surface area contributed by atoms with E-state index in [1.54, 1.807) is 19.2 Å². The molecule has 106 valence electrons. The molecule has 0 aliphatic rings. The Morgan fingerprint density at radius 3 is 2.65 bits per heavy atom. The number of nitrogens with one attached hydrogen (secondary N) is 1. The van der Waals surface area contributed by atoms with Crippen LogP contribution in [0.25, 0.3) is 0 Å². The summed E-state index contributed by atoms with van der Waals surface area (Å²) in [6, 6.07) is 9.24. The maximum absolute atomic E-state index is 12.1. The second-order valence-corrected chi connectivity index (χ2v) is 4.87. The molecule has 4 nitrogen and oxygen atoms in total. The van der Waals surface area contributed by atoms with Gasteiger partial charge in [-0.25, -0.2) is 0 Å². The van der Waals surface area contributed by atoms with Crippen molar-refractivity contribution >= 4 is 5.91 Å². The Balaban J connectivity index is 2.06. The minimum atomic E-state index is -0.0928. The summed E-state index contributed by atoms with van der Waals surface area (Å²) in [5.41, 5.74) is 4.11. The van der Waals surface area contributed by atoms with Crippen molar-refractivity contribution in [3.05, 3.63) is 52.8 Å². The van der Waals surface area contributed by atoms with Gasteiger partial charge in [-0.05, 0) is 43.7 Å². The first kappa shape index (κ1) is 14.2. The molecule has 0 bridgehead atoms. The zero-order valence-corrected chi connectivity index (χ0v) is 12.4. The summed E-state index contributed by atoms with van der Waals surface area (Å²) >= 11 is 0. The number of hydrogen-bond donors (Lipinski definition) is 1. The molecular formula is C16H20N2O2. The molecule has 0 unspecified atom stereocenters. The van der Waals surface area contributed by atoms with Crippen LogP contribution in [0.5, 0.6) is 5.75 Å². The molecule has 1 N–H and O–H groups in total. The molecule has 0 saturated heterocycles. The first-order valence-corrected chi connectivity index (χ1v) is 6.57. The van der Waals surface area contributed by atoms with Crippen LogP contribution in [0.3, 0.4) is 0 Å². The molecular weight excluding hydrogens is 252 g/mol. The quantitative estimate of drug-likeness (QED) is 0.929. The summed E-state index contributed by atoms with van der Waals surface area (Å²) in [6.45, 7) is 4.64. The zero-order chi connectivity index (χ0) is 14.7. The number of amides is 1. The van der Waals surface area contributed by atoms with E-state index in [0.29, 0.717) is 17.9 Å². The maximum atomic E-state index is 12.1. The third kappa shape index (κ3) is 2.85. The van der Waals surface area contributed by atoms with Crippen LogP contribution >= 0.6 is 0 Å². The van der Waals surface area contributed by atoms with E-state index in [2.05, 4.69) is 29.8 Å². The molecule has 1 heterocycles. The Hall–Kier alpha value is -2.23. The lowest BCUT2D eigenvalue weighted by molar-refractivity contribution is 0.0950. The number of rotatable bonds is 4. The third-order valence-electron chi connectivity index (χ3n) is 3.65. The molecule has 0 aliphatic carbocycles. The fourth-order valence-corrected chi connectivity index (χ4v) is 2.15. The van der Waals surface area contributed by atoms with Crippen molar-refractivity contribution < 1.29 is 9.53 Å². The van der Waals surface area contributed by atoms with Crippen LogP contribution in [-0.4, -0.2) is 17.6 Å². The predicted octanol–water partition coefficient (Wildman–Crippen LogP) is 2.58. The molecule has 0 fully saturated rings. The molecule has 0 spiro atoms. The van der Waals surface area contributed by atoms with Crippen LogP contribution in [-0.2, 0) is 13.6 Å². The second kappa shape index (κ2) is 5.82. The number of carbonyl (C=O) groups excluding carboxylic acids is 1. The average molecular weight is 272 g/mol. The highest BCUT2D eigenvalue weighted by molar-refractivity contribution is 5.94. The van der Waals surface area contributed by atoms with Gasteiger partial charge in [0, 0.05) is 30.5 Å². The van der Waals surface area contributed by atoms with Crippen molar-refractivity contribution in [3.63, 3.8) is 0 Å². The molecule has 1 aromatic carbocycles. The van der Waals surface area contributed by atoms with Crippen molar-refractivity contribution in [3.8, 4) is 5.75 Å². The molecule has 0 saturated carbocycles. The Morgan fingerprint density at radius 2 is 2.05 bits per heavy atom. The largest absolute Gasteiger partial charge is 0.497 e. The van der Waals surface area contributed by atoms with Crippen LogP contribution in [0.2, 0.25) is 0 Å². The van der Waals surface area contributed by atoms with Crippen LogP contribution in [0.1, 0.15) is 27.3 Å². The van der Waals surface area contributed by atoms with E-state index in [9.17, 15) is 4.79 Å². The van der Waals surface area contributed by atoms with Gasteiger partial charge in [0.1, 0.15) is 5.75 Å². The molecule has 4 heteroatoms. The summed E-state index contributed by atoms with van der Waals surface area (Å²) in [7, 11) is 3.62. The fourth-order valence-electron chi connectivity index (χ4n) is 2.15. The van der Waals surface area contributed by atoms with Gasteiger partial charge in [-0.2, -0.15) is 0 Å². The van der Waals surface area contributed by atoms with E-state index in [0.717, 1.165) is 5.56 Å². The Morgan fingerprint density at radius 1 is 1.30 bits per heavy atom. The van der Waals surface area contributed by atoms with Crippen molar-refractivity contribution in [1.82, 2.24) is 9.88 Å². The number of ether oxygens (including phenoxy) is 1. The van der Waals surface area contributed by atoms with E-state index < -0.39 is 0 Å². The van der Waals surface area contributed by atoms with Gasteiger partial charge in [-0.1, -0.05) is 6.07 Å². The Bertz CT molecular complexity index is 629. The van der Waals surface area contributed by atoms with Gasteiger partial charge in [0.15, 0.2) is 0 Å². The average Bonchev–Trinajstić information content (AvgIpc) is 2.72. The van der Waals surface area contributed by atoms with E-state index in [1.807, 2.05) is 19.2 Å². The third-order valence-corrected chi connectivity index (χ3v) is 3.65. The monoisotopic (exact) mass is 272 g/mol. The van der Waals surface area contributed by atoms with Gasteiger partial charge >= 0.3 is 0 Å². The lowest BCUT2D eigenvalue weighted by Gasteiger charge is -2.07. The maximum Gasteiger partial charge on any atom is 0.251 e. The molecule has 1 aromatic heterocycles. The summed E-state index contributed by atoms with van der Waals surface area (Å²) in [4.78, 5) is 12.1. The normalized spacial score (nSPS) is 10.4. The standard InChI is InChI=1S/C16H20N2O2/c1-11-8-14(12(2)18(11)3)10-17-16(19)13-6-5-7-15(9-13)20-4/h5-9H,10H2,1-4H3,(H,17,19). The van der Waals surface area contributed by atoms with Crippen molar-refractivity contribution in [2.24, 2.45) is 7.05 Å². The lowest BCUT2D eigenvalue weighted by atomic mass is 10.2. The fraction of sp³-hybridized carbons (Fsp3) is 0.312. The van der Waals surface area contributed by atoms with Crippen molar-refractivity contribution in [2.75, 3.05) is 7.11 Å². The summed E-state index contributed by atoms with van der Waals surface area (Å²) < 4.78 is 7.24. The first-order chi connectivity index (χ1) is 9.52. The SMILES string of the molecule is COc1cccc(C(=O)NCc2cc(C)n(C)c2C)c1. The van der Waals surface area contributed by atoms with Crippen molar-refractivity contribution in [2.45, 2.75) is 20.4 Å². The molecule has 2 aromatic rings. The van der Waals surface area contributed by atoms with Gasteiger partial charge in [-0.15, -0.1) is 0 Å². The summed E-state index contributed by atoms with van der Waals surface area (Å²) in [6.07, 6.45) is 0. The van der Waals surface area contributed by atoms with E-state index in [4.69, 9.17) is 4.74 Å². The van der Waals surface area contributed by atoms with Crippen LogP contribution in [0.15, 0.2) is 30.3 Å². The van der Waals surface area contributed by atoms with E-state index in [1.165, 1.54) is 11.4 Å². The zero-order valence-electron chi connectivity index (χ0n) is 12.4. The van der Waals surface area contributed by atoms with Gasteiger partial charge in [0.25, 0.3) is 5.91 Å². The number of aryl methyl sites for hydroxylation is 1. The van der Waals surface area contributed by atoms with Crippen LogP contribution in [0.4, 0.5) is 0 Å². The molecule has 0 atom stereocenters. The number of carbonyl (C=O) groups is 1. The minimum Gasteiger partial charge on any atom is -0.497 e. The number of nitrogens with zero attached hydrogens (tertiary/aromatic N) is 1. The highest BCUT2D eigenvalue weighted by Crippen LogP contribution is 2.14. The topological polar surface area (TPSA) is 43.3 Å². The molecule has 0 radical (unpaired) electrons. The molecule has 20 heavy (non-hydrogen) atoms. The van der Waals surface area contributed by atoms with Gasteiger partial charge < -0.3 is 14.6 Å². The number of aromatic nitrogens is 1. The smallest absolute Gasteiger partial charge is 0.251 e. The number of benzene rings is 1. The second-order valence-electron chi connectivity index (χ2n) is 4.87. The Kier molecular flexibility index (Phi) is 4.13. The molecule has 2 rings (SSSR count). The van der Waals surface area contributed by atoms with E-state index >= 15 is 0 Å². The van der Waals surface area contributed by atoms with Crippen LogP contribution < -0.4 is 10.1 Å². The predicted molar refractivity (Wildman–Crippen MR) is 79.1 cm³/mol. The van der Waals surface area contributed by atoms with Gasteiger partial charge in [0.2, 0.25) is 0 Å². The minimum absolute atomic E-state index is 0.0928. The summed E-state index contributed by atoms with van der Waals surface area (Å²) in [5, 5.41) is 2.94. The van der Waals surface area contributed by atoms with Gasteiger partial charge in [-0.3, -0.25) is 4.79 Å². The number of hydrogen-bond acceptors (Lipinski definition) is 2. The Labute approximate surface area is 119 Å². The highest BCUT2D eigenvalue weighted by atomic mass is 16.5. The molecule has 1 amide bonds.